The van der Waals surface area contributed by atoms with Gasteiger partial charge in [0.15, 0.2) is 0 Å². The molecule has 0 fully saturated rings. The first kappa shape index (κ1) is 18.1. The minimum atomic E-state index is -3.31. The standard InChI is InChI=1S/C15H25FN2O2S/c1-12(2)17-10-4-5-11-21(19,20)18-13(3)14-6-8-15(16)9-7-14/h6-9,12-13,17-18H,4-5,10-11H2,1-3H3. The lowest BCUT2D eigenvalue weighted by Gasteiger charge is -2.15. The van der Waals surface area contributed by atoms with Crippen LogP contribution in [0.25, 0.3) is 0 Å². The van der Waals surface area contributed by atoms with Crippen molar-refractivity contribution in [1.82, 2.24) is 10.0 Å². The lowest BCUT2D eigenvalue weighted by atomic mass is 10.1. The van der Waals surface area contributed by atoms with E-state index in [4.69, 9.17) is 0 Å². The van der Waals surface area contributed by atoms with Gasteiger partial charge in [-0.3, -0.25) is 0 Å². The fourth-order valence-electron chi connectivity index (χ4n) is 1.96. The van der Waals surface area contributed by atoms with Gasteiger partial charge in [0, 0.05) is 12.1 Å². The molecule has 2 N–H and O–H groups in total. The molecule has 6 heteroatoms. The second-order valence-electron chi connectivity index (χ2n) is 5.53. The predicted octanol–water partition coefficient (Wildman–Crippen LogP) is 2.58. The Hall–Kier alpha value is -0.980. The minimum absolute atomic E-state index is 0.109. The highest BCUT2D eigenvalue weighted by atomic mass is 32.2. The van der Waals surface area contributed by atoms with Crippen LogP contribution in [0.15, 0.2) is 24.3 Å². The Kier molecular flexibility index (Phi) is 7.28. The number of unbranched alkanes of at least 4 members (excludes halogenated alkanes) is 1. The third kappa shape index (κ3) is 7.55. The van der Waals surface area contributed by atoms with Crippen LogP contribution >= 0.6 is 0 Å². The molecule has 0 amide bonds. The highest BCUT2D eigenvalue weighted by Crippen LogP contribution is 2.14. The molecule has 0 aliphatic heterocycles. The lowest BCUT2D eigenvalue weighted by Crippen LogP contribution is -2.30. The first-order valence-corrected chi connectivity index (χ1v) is 8.94. The van der Waals surface area contributed by atoms with Gasteiger partial charge in [-0.05, 0) is 44.0 Å². The maximum absolute atomic E-state index is 12.8. The van der Waals surface area contributed by atoms with Crippen molar-refractivity contribution >= 4 is 10.0 Å². The predicted molar refractivity (Wildman–Crippen MR) is 84.1 cm³/mol. The number of benzene rings is 1. The second-order valence-corrected chi connectivity index (χ2v) is 7.40. The molecule has 0 spiro atoms. The molecule has 0 aromatic heterocycles. The first-order chi connectivity index (χ1) is 9.80. The van der Waals surface area contributed by atoms with Crippen LogP contribution in [0.5, 0.6) is 0 Å². The van der Waals surface area contributed by atoms with Crippen LogP contribution in [0, 0.1) is 5.82 Å². The molecule has 0 radical (unpaired) electrons. The minimum Gasteiger partial charge on any atom is -0.315 e. The van der Waals surface area contributed by atoms with E-state index in [0.29, 0.717) is 12.5 Å². The van der Waals surface area contributed by atoms with Gasteiger partial charge in [-0.2, -0.15) is 0 Å². The summed E-state index contributed by atoms with van der Waals surface area (Å²) in [4.78, 5) is 0. The van der Waals surface area contributed by atoms with Crippen molar-refractivity contribution in [3.05, 3.63) is 35.6 Å². The molecule has 0 heterocycles. The van der Waals surface area contributed by atoms with Gasteiger partial charge >= 0.3 is 0 Å². The summed E-state index contributed by atoms with van der Waals surface area (Å²) in [6.07, 6.45) is 1.44. The normalized spacial score (nSPS) is 13.6. The summed E-state index contributed by atoms with van der Waals surface area (Å²) < 4.78 is 39.4. The fourth-order valence-corrected chi connectivity index (χ4v) is 3.33. The molecule has 1 unspecified atom stereocenters. The highest BCUT2D eigenvalue weighted by molar-refractivity contribution is 7.89. The van der Waals surface area contributed by atoms with E-state index in [1.807, 2.05) is 0 Å². The Morgan fingerprint density at radius 2 is 1.71 bits per heavy atom. The number of nitrogens with one attached hydrogen (secondary N) is 2. The van der Waals surface area contributed by atoms with E-state index in [0.717, 1.165) is 18.5 Å². The molecule has 0 aliphatic rings. The highest BCUT2D eigenvalue weighted by Gasteiger charge is 2.15. The van der Waals surface area contributed by atoms with E-state index >= 15 is 0 Å². The summed E-state index contributed by atoms with van der Waals surface area (Å²) in [5, 5.41) is 3.25. The molecular weight excluding hydrogens is 291 g/mol. The molecule has 0 aliphatic carbocycles. The van der Waals surface area contributed by atoms with Gasteiger partial charge in [0.05, 0.1) is 5.75 Å². The SMILES string of the molecule is CC(C)NCCCCS(=O)(=O)NC(C)c1ccc(F)cc1. The molecule has 1 aromatic rings. The quantitative estimate of drug-likeness (QED) is 0.689. The third-order valence-electron chi connectivity index (χ3n) is 3.12. The van der Waals surface area contributed by atoms with Gasteiger partial charge < -0.3 is 5.32 Å². The molecular formula is C15H25FN2O2S. The molecule has 0 bridgehead atoms. The van der Waals surface area contributed by atoms with E-state index in [2.05, 4.69) is 23.9 Å². The van der Waals surface area contributed by atoms with Gasteiger partial charge in [-0.25, -0.2) is 17.5 Å². The van der Waals surface area contributed by atoms with Crippen molar-refractivity contribution in [1.29, 1.82) is 0 Å². The molecule has 1 atom stereocenters. The molecule has 0 saturated carbocycles. The van der Waals surface area contributed by atoms with Gasteiger partial charge in [-0.15, -0.1) is 0 Å². The van der Waals surface area contributed by atoms with Crippen molar-refractivity contribution in [3.8, 4) is 0 Å². The van der Waals surface area contributed by atoms with Crippen molar-refractivity contribution in [2.75, 3.05) is 12.3 Å². The van der Waals surface area contributed by atoms with Crippen LogP contribution in [0.1, 0.15) is 45.2 Å². The number of sulfonamides is 1. The van der Waals surface area contributed by atoms with Gasteiger partial charge in [0.2, 0.25) is 10.0 Å². The second kappa shape index (κ2) is 8.46. The Morgan fingerprint density at radius 3 is 2.29 bits per heavy atom. The molecule has 1 rings (SSSR count). The molecule has 0 saturated heterocycles. The van der Waals surface area contributed by atoms with Crippen LogP contribution in [0.3, 0.4) is 0 Å². The Balaban J connectivity index is 2.39. The van der Waals surface area contributed by atoms with E-state index in [-0.39, 0.29) is 17.6 Å². The van der Waals surface area contributed by atoms with E-state index in [9.17, 15) is 12.8 Å². The lowest BCUT2D eigenvalue weighted by molar-refractivity contribution is 0.549. The first-order valence-electron chi connectivity index (χ1n) is 7.29. The van der Waals surface area contributed by atoms with Crippen LogP contribution in [0.4, 0.5) is 4.39 Å². The maximum Gasteiger partial charge on any atom is 0.212 e. The average Bonchev–Trinajstić information content (AvgIpc) is 2.38. The largest absolute Gasteiger partial charge is 0.315 e. The Labute approximate surface area is 127 Å². The van der Waals surface area contributed by atoms with Crippen molar-refractivity contribution < 1.29 is 12.8 Å². The number of hydrogen-bond acceptors (Lipinski definition) is 3. The zero-order valence-electron chi connectivity index (χ0n) is 12.9. The van der Waals surface area contributed by atoms with Gasteiger partial charge in [0.25, 0.3) is 0 Å². The van der Waals surface area contributed by atoms with E-state index in [1.54, 1.807) is 19.1 Å². The number of halogens is 1. The average molecular weight is 316 g/mol. The van der Waals surface area contributed by atoms with Crippen molar-refractivity contribution in [2.45, 2.75) is 45.7 Å². The summed E-state index contributed by atoms with van der Waals surface area (Å²) in [5.74, 6) is -0.218. The van der Waals surface area contributed by atoms with Crippen LogP contribution < -0.4 is 10.0 Å². The zero-order chi connectivity index (χ0) is 15.9. The summed E-state index contributed by atoms with van der Waals surface area (Å²) in [6, 6.07) is 5.90. The van der Waals surface area contributed by atoms with Crippen LogP contribution in [-0.4, -0.2) is 26.8 Å². The maximum atomic E-state index is 12.8. The Morgan fingerprint density at radius 1 is 1.10 bits per heavy atom. The molecule has 4 nitrogen and oxygen atoms in total. The van der Waals surface area contributed by atoms with Gasteiger partial charge in [-0.1, -0.05) is 26.0 Å². The van der Waals surface area contributed by atoms with E-state index in [1.165, 1.54) is 12.1 Å². The summed E-state index contributed by atoms with van der Waals surface area (Å²) in [5.41, 5.74) is 0.751. The molecule has 1 aromatic carbocycles. The van der Waals surface area contributed by atoms with E-state index < -0.39 is 10.0 Å². The number of rotatable bonds is 9. The van der Waals surface area contributed by atoms with Crippen molar-refractivity contribution in [2.24, 2.45) is 0 Å². The topological polar surface area (TPSA) is 58.2 Å². The van der Waals surface area contributed by atoms with Gasteiger partial charge in [0.1, 0.15) is 5.82 Å². The summed E-state index contributed by atoms with van der Waals surface area (Å²) in [6.45, 7) is 6.69. The molecule has 21 heavy (non-hydrogen) atoms. The summed E-state index contributed by atoms with van der Waals surface area (Å²) in [7, 11) is -3.31. The van der Waals surface area contributed by atoms with Crippen molar-refractivity contribution in [3.63, 3.8) is 0 Å². The third-order valence-corrected chi connectivity index (χ3v) is 4.66. The fraction of sp³-hybridized carbons (Fsp3) is 0.600. The van der Waals surface area contributed by atoms with Crippen LogP contribution in [-0.2, 0) is 10.0 Å². The number of hydrogen-bond donors (Lipinski definition) is 2. The Bertz CT molecular complexity index is 515. The summed E-state index contributed by atoms with van der Waals surface area (Å²) >= 11 is 0. The smallest absolute Gasteiger partial charge is 0.212 e. The van der Waals surface area contributed by atoms with Crippen LogP contribution in [0.2, 0.25) is 0 Å². The monoisotopic (exact) mass is 316 g/mol. The molecule has 120 valence electrons. The zero-order valence-corrected chi connectivity index (χ0v) is 13.7.